The third-order valence-corrected chi connectivity index (χ3v) is 4.81. The van der Waals surface area contributed by atoms with Gasteiger partial charge in [-0.1, -0.05) is 12.1 Å². The third kappa shape index (κ3) is 2.22. The minimum absolute atomic E-state index is 0.361. The van der Waals surface area contributed by atoms with E-state index in [0.29, 0.717) is 6.10 Å². The highest BCUT2D eigenvalue weighted by Gasteiger charge is 2.19. The third-order valence-electron chi connectivity index (χ3n) is 4.81. The molecule has 5 rings (SSSR count). The Morgan fingerprint density at radius 1 is 0.917 bits per heavy atom. The molecule has 0 atom stereocenters. The first-order valence-corrected chi connectivity index (χ1v) is 8.35. The predicted molar refractivity (Wildman–Crippen MR) is 95.1 cm³/mol. The number of rotatable bonds is 3. The molecule has 1 saturated carbocycles. The molecule has 0 spiro atoms. The van der Waals surface area contributed by atoms with Crippen molar-refractivity contribution in [1.82, 2.24) is 15.0 Å². The molecule has 1 aliphatic carbocycles. The highest BCUT2D eigenvalue weighted by atomic mass is 16.5. The molecule has 1 N–H and O–H groups in total. The van der Waals surface area contributed by atoms with Gasteiger partial charge in [0.1, 0.15) is 6.10 Å². The fourth-order valence-electron chi connectivity index (χ4n) is 3.21. The number of nitrogens with zero attached hydrogens (tertiary/aromatic N) is 2. The molecule has 4 nitrogen and oxygen atoms in total. The zero-order valence-electron chi connectivity index (χ0n) is 13.2. The number of ether oxygens (including phenoxy) is 1. The molecule has 3 heterocycles. The van der Waals surface area contributed by atoms with Crippen LogP contribution in [0.25, 0.3) is 32.9 Å². The first-order chi connectivity index (χ1) is 11.9. The van der Waals surface area contributed by atoms with E-state index < -0.39 is 0 Å². The van der Waals surface area contributed by atoms with Crippen LogP contribution < -0.4 is 4.74 Å². The maximum absolute atomic E-state index is 5.83. The summed E-state index contributed by atoms with van der Waals surface area (Å²) in [4.78, 5) is 12.1. The van der Waals surface area contributed by atoms with Crippen LogP contribution in [0.5, 0.6) is 5.88 Å². The summed E-state index contributed by atoms with van der Waals surface area (Å²) in [6.45, 7) is 0. The van der Waals surface area contributed by atoms with Crippen molar-refractivity contribution in [2.45, 2.75) is 25.4 Å². The molecule has 0 radical (unpaired) electrons. The Kier molecular flexibility index (Phi) is 3.01. The van der Waals surface area contributed by atoms with Crippen LogP contribution in [-0.2, 0) is 0 Å². The van der Waals surface area contributed by atoms with E-state index in [1.54, 1.807) is 0 Å². The first-order valence-electron chi connectivity index (χ1n) is 8.35. The smallest absolute Gasteiger partial charge is 0.213 e. The number of hydrogen-bond acceptors (Lipinski definition) is 3. The van der Waals surface area contributed by atoms with Crippen LogP contribution in [0.2, 0.25) is 0 Å². The molecule has 0 aliphatic heterocycles. The van der Waals surface area contributed by atoms with Crippen molar-refractivity contribution >= 4 is 21.8 Å². The highest BCUT2D eigenvalue weighted by Crippen LogP contribution is 2.30. The molecular formula is C20H17N3O. The molecule has 4 heteroatoms. The van der Waals surface area contributed by atoms with Crippen molar-refractivity contribution in [3.8, 4) is 17.0 Å². The molecule has 1 aliphatic rings. The molecule has 0 unspecified atom stereocenters. The van der Waals surface area contributed by atoms with Crippen LogP contribution in [0.1, 0.15) is 19.3 Å². The summed E-state index contributed by atoms with van der Waals surface area (Å²) in [5.41, 5.74) is 4.46. The number of nitrogens with one attached hydrogen (secondary N) is 1. The van der Waals surface area contributed by atoms with Crippen molar-refractivity contribution in [2.24, 2.45) is 0 Å². The van der Waals surface area contributed by atoms with E-state index in [1.807, 2.05) is 30.7 Å². The monoisotopic (exact) mass is 315 g/mol. The number of hydrogen-bond donors (Lipinski definition) is 1. The van der Waals surface area contributed by atoms with Gasteiger partial charge in [-0.05, 0) is 43.0 Å². The second-order valence-corrected chi connectivity index (χ2v) is 6.36. The number of H-pyrrole nitrogens is 1. The molecule has 3 aromatic heterocycles. The summed E-state index contributed by atoms with van der Waals surface area (Å²) in [6.07, 6.45) is 9.53. The van der Waals surface area contributed by atoms with Crippen molar-refractivity contribution in [2.75, 3.05) is 0 Å². The lowest BCUT2D eigenvalue weighted by Crippen LogP contribution is -2.24. The lowest BCUT2D eigenvalue weighted by atomic mass is 9.96. The van der Waals surface area contributed by atoms with Gasteiger partial charge in [0.05, 0.1) is 0 Å². The van der Waals surface area contributed by atoms with E-state index in [-0.39, 0.29) is 0 Å². The number of pyridine rings is 2. The standard InChI is InChI=1S/C20H17N3O/c1-2-15(3-1)24-20-7-5-14(11-22-20)13-4-6-16-17-12-21-9-8-18(17)23-19(16)10-13/h4-12,15,23H,1-3H2. The number of benzene rings is 1. The van der Waals surface area contributed by atoms with Gasteiger partial charge < -0.3 is 9.72 Å². The topological polar surface area (TPSA) is 50.8 Å². The Bertz CT molecular complexity index is 1020. The zero-order valence-corrected chi connectivity index (χ0v) is 13.2. The van der Waals surface area contributed by atoms with E-state index in [0.717, 1.165) is 46.3 Å². The normalized spacial score (nSPS) is 14.8. The number of fused-ring (bicyclic) bond motifs is 3. The van der Waals surface area contributed by atoms with E-state index in [4.69, 9.17) is 4.74 Å². The fraction of sp³-hybridized carbons (Fsp3) is 0.200. The van der Waals surface area contributed by atoms with E-state index in [1.165, 1.54) is 11.8 Å². The van der Waals surface area contributed by atoms with Crippen molar-refractivity contribution in [3.05, 3.63) is 55.0 Å². The van der Waals surface area contributed by atoms with Gasteiger partial charge in [0.2, 0.25) is 5.88 Å². The molecule has 4 aromatic rings. The molecule has 24 heavy (non-hydrogen) atoms. The number of aromatic amines is 1. The molecule has 0 saturated heterocycles. The summed E-state index contributed by atoms with van der Waals surface area (Å²) < 4.78 is 5.83. The zero-order chi connectivity index (χ0) is 15.9. The largest absolute Gasteiger partial charge is 0.474 e. The molecule has 0 amide bonds. The Hall–Kier alpha value is -2.88. The van der Waals surface area contributed by atoms with Crippen LogP contribution in [0.4, 0.5) is 0 Å². The van der Waals surface area contributed by atoms with Gasteiger partial charge in [-0.25, -0.2) is 4.98 Å². The van der Waals surface area contributed by atoms with Crippen molar-refractivity contribution in [1.29, 1.82) is 0 Å². The lowest BCUT2D eigenvalue weighted by molar-refractivity contribution is 0.114. The van der Waals surface area contributed by atoms with Crippen LogP contribution in [0.3, 0.4) is 0 Å². The van der Waals surface area contributed by atoms with E-state index in [2.05, 4.69) is 39.2 Å². The molecule has 1 aromatic carbocycles. The van der Waals surface area contributed by atoms with E-state index >= 15 is 0 Å². The Morgan fingerprint density at radius 2 is 1.83 bits per heavy atom. The van der Waals surface area contributed by atoms with Gasteiger partial charge in [0.25, 0.3) is 0 Å². The van der Waals surface area contributed by atoms with Crippen LogP contribution in [0, 0.1) is 0 Å². The minimum atomic E-state index is 0.361. The van der Waals surface area contributed by atoms with Gasteiger partial charge in [-0.2, -0.15) is 0 Å². The van der Waals surface area contributed by atoms with Gasteiger partial charge in [0.15, 0.2) is 0 Å². The second-order valence-electron chi connectivity index (χ2n) is 6.36. The van der Waals surface area contributed by atoms with Gasteiger partial charge in [0, 0.05) is 52.0 Å². The Balaban J connectivity index is 1.50. The van der Waals surface area contributed by atoms with Gasteiger partial charge in [-0.15, -0.1) is 0 Å². The fourth-order valence-corrected chi connectivity index (χ4v) is 3.21. The summed E-state index contributed by atoms with van der Waals surface area (Å²) in [5.74, 6) is 0.723. The maximum atomic E-state index is 5.83. The average Bonchev–Trinajstić information content (AvgIpc) is 2.96. The van der Waals surface area contributed by atoms with Gasteiger partial charge >= 0.3 is 0 Å². The van der Waals surface area contributed by atoms with Crippen LogP contribution in [0.15, 0.2) is 55.0 Å². The lowest BCUT2D eigenvalue weighted by Gasteiger charge is -2.25. The van der Waals surface area contributed by atoms with E-state index in [9.17, 15) is 0 Å². The minimum Gasteiger partial charge on any atom is -0.474 e. The Morgan fingerprint density at radius 3 is 2.62 bits per heavy atom. The molecule has 1 fully saturated rings. The quantitative estimate of drug-likeness (QED) is 0.595. The predicted octanol–water partition coefficient (Wildman–Crippen LogP) is 4.71. The molecule has 118 valence electrons. The number of aromatic nitrogens is 3. The summed E-state index contributed by atoms with van der Waals surface area (Å²) in [7, 11) is 0. The molecule has 0 bridgehead atoms. The highest BCUT2D eigenvalue weighted by molar-refractivity contribution is 6.07. The summed E-state index contributed by atoms with van der Waals surface area (Å²) >= 11 is 0. The van der Waals surface area contributed by atoms with Crippen molar-refractivity contribution < 1.29 is 4.74 Å². The summed E-state index contributed by atoms with van der Waals surface area (Å²) in [6, 6.07) is 12.5. The summed E-state index contributed by atoms with van der Waals surface area (Å²) in [5, 5.41) is 2.35. The van der Waals surface area contributed by atoms with Gasteiger partial charge in [-0.3, -0.25) is 4.98 Å². The second kappa shape index (κ2) is 5.34. The molecular weight excluding hydrogens is 298 g/mol. The Labute approximate surface area is 139 Å². The van der Waals surface area contributed by atoms with Crippen LogP contribution in [-0.4, -0.2) is 21.1 Å². The van der Waals surface area contributed by atoms with Crippen molar-refractivity contribution in [3.63, 3.8) is 0 Å². The average molecular weight is 315 g/mol. The first kappa shape index (κ1) is 13.5. The van der Waals surface area contributed by atoms with Crippen LogP contribution >= 0.6 is 0 Å². The maximum Gasteiger partial charge on any atom is 0.213 e. The SMILES string of the molecule is c1cc2[nH]c3cc(-c4ccc(OC5CCC5)nc4)ccc3c2cn1.